The largest absolute Gasteiger partial charge is 0.477 e. The maximum Gasteiger partial charge on any atom is 0.416 e. The zero-order valence-electron chi connectivity index (χ0n) is 40.1. The lowest BCUT2D eigenvalue weighted by molar-refractivity contribution is -0.902. The van der Waals surface area contributed by atoms with Crippen molar-refractivity contribution in [1.82, 2.24) is 19.6 Å². The standard InChI is InChI=1S/C52H51F6N9O6/c1-4-61-29-40-43(47(61)70)45(33-16-14-32(28-59)15-17-33)63(49(72)65(40)38-12-6-10-35(26-38)51(53,54)55)22-8-24-67(3,31-42(68)69)25-9-23-64-46(34-18-20-37(60)21-19-34)44-41(30-62(5-2)48(44)71)66(50(64)73)39-13-7-11-36(27-39)52(56,57)58/h6-7,10-21,26-27,45-46H,4-5,8-9,22-25,29-31,60H2,1-3H3/p+1/t45?,46?,67-/m0/s1. The summed E-state index contributed by atoms with van der Waals surface area (Å²) in [7, 11) is 1.67. The highest BCUT2D eigenvalue weighted by molar-refractivity contribution is 6.08. The van der Waals surface area contributed by atoms with Gasteiger partial charge in [-0.2, -0.15) is 31.6 Å². The number of quaternary nitrogens is 1. The summed E-state index contributed by atoms with van der Waals surface area (Å²) in [5, 5.41) is 19.8. The molecular weight excluding hydrogens is 961 g/mol. The third kappa shape index (κ3) is 10.0. The molecule has 0 saturated carbocycles. The molecule has 4 aliphatic rings. The number of likely N-dealkylation sites (N-methyl/N-ethyl adjacent to an activating group) is 3. The number of nitrogen functional groups attached to an aromatic ring is 1. The number of amides is 6. The zero-order valence-corrected chi connectivity index (χ0v) is 40.1. The van der Waals surface area contributed by atoms with Gasteiger partial charge in [-0.05, 0) is 85.6 Å². The molecule has 6 amide bonds. The third-order valence-corrected chi connectivity index (χ3v) is 13.9. The minimum Gasteiger partial charge on any atom is -0.477 e. The molecule has 0 radical (unpaired) electrons. The van der Waals surface area contributed by atoms with Crippen molar-refractivity contribution in [3.8, 4) is 6.07 Å². The number of carbonyl (C=O) groups is 5. The van der Waals surface area contributed by atoms with Crippen LogP contribution in [0, 0.1) is 11.3 Å². The molecule has 4 aliphatic heterocycles. The van der Waals surface area contributed by atoms with Gasteiger partial charge in [-0.1, -0.05) is 36.4 Å². The van der Waals surface area contributed by atoms with Gasteiger partial charge in [0, 0.05) is 44.7 Å². The van der Waals surface area contributed by atoms with E-state index in [0.717, 1.165) is 34.1 Å². The van der Waals surface area contributed by atoms with Crippen LogP contribution in [-0.2, 0) is 26.7 Å². The van der Waals surface area contributed by atoms with E-state index >= 15 is 0 Å². The summed E-state index contributed by atoms with van der Waals surface area (Å²) in [5.41, 5.74) is 6.26. The molecule has 2 unspecified atom stereocenters. The van der Waals surface area contributed by atoms with E-state index in [4.69, 9.17) is 5.73 Å². The molecule has 4 heterocycles. The van der Waals surface area contributed by atoms with Crippen molar-refractivity contribution < 1.29 is 59.9 Å². The van der Waals surface area contributed by atoms with E-state index in [-0.39, 0.29) is 104 Å². The number of halogens is 6. The highest BCUT2D eigenvalue weighted by Crippen LogP contribution is 2.46. The van der Waals surface area contributed by atoms with Crippen LogP contribution >= 0.6 is 0 Å². The van der Waals surface area contributed by atoms with Gasteiger partial charge in [0.25, 0.3) is 11.8 Å². The molecule has 382 valence electrons. The van der Waals surface area contributed by atoms with Gasteiger partial charge in [-0.15, -0.1) is 0 Å². The number of hydrogen-bond acceptors (Lipinski definition) is 7. The number of benzene rings is 4. The summed E-state index contributed by atoms with van der Waals surface area (Å²) >= 11 is 0. The molecular formula is C52H52F6N9O6+. The van der Waals surface area contributed by atoms with E-state index in [1.165, 1.54) is 56.0 Å². The Morgan fingerprint density at radius 1 is 0.685 bits per heavy atom. The van der Waals surface area contributed by atoms with Crippen LogP contribution in [0.2, 0.25) is 0 Å². The summed E-state index contributed by atoms with van der Waals surface area (Å²) < 4.78 is 84.4. The number of nitriles is 1. The van der Waals surface area contributed by atoms with Crippen LogP contribution in [0.3, 0.4) is 0 Å². The van der Waals surface area contributed by atoms with Crippen molar-refractivity contribution in [2.45, 2.75) is 51.1 Å². The number of nitrogens with two attached hydrogens (primary N) is 1. The maximum atomic E-state index is 15.0. The van der Waals surface area contributed by atoms with Gasteiger partial charge in [-0.3, -0.25) is 19.4 Å². The second kappa shape index (κ2) is 20.0. The van der Waals surface area contributed by atoms with Crippen LogP contribution in [0.15, 0.2) is 120 Å². The molecule has 0 bridgehead atoms. The van der Waals surface area contributed by atoms with Crippen LogP contribution in [0.4, 0.5) is 53.0 Å². The predicted octanol–water partition coefficient (Wildman–Crippen LogP) is 8.39. The fourth-order valence-electron chi connectivity index (χ4n) is 10.3. The Kier molecular flexibility index (Phi) is 14.1. The minimum absolute atomic E-state index is 0.0492. The zero-order chi connectivity index (χ0) is 52.7. The molecule has 15 nitrogen and oxygen atoms in total. The van der Waals surface area contributed by atoms with Crippen molar-refractivity contribution >= 4 is 46.9 Å². The van der Waals surface area contributed by atoms with Gasteiger partial charge in [0.1, 0.15) is 0 Å². The van der Waals surface area contributed by atoms with Crippen molar-refractivity contribution in [2.75, 3.05) is 81.5 Å². The van der Waals surface area contributed by atoms with Crippen LogP contribution in [0.5, 0.6) is 0 Å². The Labute approximate surface area is 416 Å². The normalized spacial score (nSPS) is 19.2. The fraction of sp³-hybridized carbons (Fsp3) is 0.346. The fourth-order valence-corrected chi connectivity index (χ4v) is 10.3. The number of carbonyl (C=O) groups excluding carboxylic acids is 4. The Bertz CT molecular complexity index is 2950. The van der Waals surface area contributed by atoms with Gasteiger partial charge >= 0.3 is 30.4 Å². The first kappa shape index (κ1) is 51.5. The van der Waals surface area contributed by atoms with E-state index in [1.807, 2.05) is 6.07 Å². The average Bonchev–Trinajstić information content (AvgIpc) is 3.85. The number of aliphatic carboxylic acids is 1. The highest BCUT2D eigenvalue weighted by atomic mass is 19.4. The highest BCUT2D eigenvalue weighted by Gasteiger charge is 2.51. The topological polar surface area (TPSA) is 175 Å². The Hall–Kier alpha value is -7.86. The van der Waals surface area contributed by atoms with Gasteiger partial charge in [0.05, 0.1) is 102 Å². The lowest BCUT2D eigenvalue weighted by Crippen LogP contribution is -2.54. The van der Waals surface area contributed by atoms with Crippen molar-refractivity contribution in [1.29, 1.82) is 5.26 Å². The molecule has 3 N–H and O–H groups in total. The van der Waals surface area contributed by atoms with E-state index in [1.54, 1.807) is 57.3 Å². The number of anilines is 3. The van der Waals surface area contributed by atoms with E-state index in [2.05, 4.69) is 0 Å². The number of nitrogens with zero attached hydrogens (tertiary/aromatic N) is 8. The maximum absolute atomic E-state index is 15.0. The molecule has 21 heteroatoms. The number of hydrogen-bond donors (Lipinski definition) is 2. The van der Waals surface area contributed by atoms with E-state index in [9.17, 15) is 60.7 Å². The Balaban J connectivity index is 1.11. The first-order chi connectivity index (χ1) is 34.6. The van der Waals surface area contributed by atoms with Gasteiger partial charge in [0.15, 0.2) is 6.54 Å². The Morgan fingerprint density at radius 2 is 1.10 bits per heavy atom. The summed E-state index contributed by atoms with van der Waals surface area (Å²) in [6.07, 6.45) is -9.29. The smallest absolute Gasteiger partial charge is 0.416 e. The molecule has 0 aromatic heterocycles. The molecule has 0 aliphatic carbocycles. The number of carboxylic acid groups (broad SMARTS) is 1. The van der Waals surface area contributed by atoms with Crippen molar-refractivity contribution in [2.24, 2.45) is 0 Å². The average molecular weight is 1010 g/mol. The van der Waals surface area contributed by atoms with Gasteiger partial charge in [-0.25, -0.2) is 14.4 Å². The number of alkyl halides is 6. The number of rotatable bonds is 16. The number of carboxylic acids is 1. The first-order valence-corrected chi connectivity index (χ1v) is 23.6. The van der Waals surface area contributed by atoms with Gasteiger partial charge < -0.3 is 34.9 Å². The lowest BCUT2D eigenvalue weighted by atomic mass is 9.92. The first-order valence-electron chi connectivity index (χ1n) is 23.6. The second-order valence-corrected chi connectivity index (χ2v) is 18.6. The van der Waals surface area contributed by atoms with Gasteiger partial charge in [0.2, 0.25) is 0 Å². The monoisotopic (exact) mass is 1010 g/mol. The van der Waals surface area contributed by atoms with Crippen molar-refractivity contribution in [3.05, 3.63) is 147 Å². The molecule has 0 fully saturated rings. The molecule has 8 rings (SSSR count). The van der Waals surface area contributed by atoms with E-state index in [0.29, 0.717) is 22.4 Å². The second-order valence-electron chi connectivity index (χ2n) is 18.6. The molecule has 4 aromatic rings. The number of urea groups is 2. The van der Waals surface area contributed by atoms with Crippen LogP contribution < -0.4 is 15.5 Å². The SMILES string of the molecule is CCN1CC2=C(C1=O)C(c1ccc(N)cc1)N(CCC[N@+](C)(CCCN1C(=O)N(c3cccc(C(F)(F)F)c3)C3=C(C(=O)N(CC)C3)C1c1ccc(C#N)cc1)CC(=O)O)C(=O)N2c1cccc(C(F)(F)F)c1. The summed E-state index contributed by atoms with van der Waals surface area (Å²) in [5.74, 6) is -2.03. The molecule has 3 atom stereocenters. The van der Waals surface area contributed by atoms with Crippen LogP contribution in [-0.4, -0.2) is 125 Å². The lowest BCUT2D eigenvalue weighted by Gasteiger charge is -2.43. The van der Waals surface area contributed by atoms with Crippen LogP contribution in [0.1, 0.15) is 66.6 Å². The minimum atomic E-state index is -4.76. The summed E-state index contributed by atoms with van der Waals surface area (Å²) in [6.45, 7) is 3.35. The predicted molar refractivity (Wildman–Crippen MR) is 256 cm³/mol. The molecule has 73 heavy (non-hydrogen) atoms. The van der Waals surface area contributed by atoms with Crippen LogP contribution in [0.25, 0.3) is 0 Å². The van der Waals surface area contributed by atoms with E-state index < -0.39 is 72.0 Å². The summed E-state index contributed by atoms with van der Waals surface area (Å²) in [4.78, 5) is 79.0. The Morgan fingerprint density at radius 3 is 1.47 bits per heavy atom. The van der Waals surface area contributed by atoms with Crippen molar-refractivity contribution in [3.63, 3.8) is 0 Å². The third-order valence-electron chi connectivity index (χ3n) is 13.9. The summed E-state index contributed by atoms with van der Waals surface area (Å²) in [6, 6.07) is 19.8. The molecule has 4 aromatic carbocycles. The quantitative estimate of drug-likeness (QED) is 0.0640. The molecule has 0 saturated heterocycles. The molecule has 0 spiro atoms.